The lowest BCUT2D eigenvalue weighted by Crippen LogP contribution is -2.44. The van der Waals surface area contributed by atoms with E-state index >= 15 is 0 Å². The summed E-state index contributed by atoms with van der Waals surface area (Å²) in [7, 11) is 1.54. The van der Waals surface area contributed by atoms with Gasteiger partial charge in [0.05, 0.1) is 17.7 Å². The summed E-state index contributed by atoms with van der Waals surface area (Å²) in [6.45, 7) is 1.36. The molecular weight excluding hydrogens is 430 g/mol. The molecule has 4 amide bonds. The summed E-state index contributed by atoms with van der Waals surface area (Å²) >= 11 is 0. The van der Waals surface area contributed by atoms with Crippen LogP contribution < -0.4 is 20.7 Å². The standard InChI is InChI=1S/C22H25N5O6/c1-33-19-5-3-2-4-18(19)25-22(30)26-12-10-15(11-13-26)14-23-20(28)21(29)24-16-6-8-17(9-7-16)27(31)32/h2-9,15H,10-14H2,1H3,(H,23,28)(H,24,29)(H,25,30). The largest absolute Gasteiger partial charge is 0.495 e. The van der Waals surface area contributed by atoms with Gasteiger partial charge in [-0.15, -0.1) is 0 Å². The zero-order valence-corrected chi connectivity index (χ0v) is 18.1. The lowest BCUT2D eigenvalue weighted by atomic mass is 9.97. The fraction of sp³-hybridized carbons (Fsp3) is 0.318. The second-order valence-electron chi connectivity index (χ2n) is 7.53. The first-order chi connectivity index (χ1) is 15.9. The van der Waals surface area contributed by atoms with Gasteiger partial charge >= 0.3 is 17.8 Å². The minimum atomic E-state index is -0.850. The number of benzene rings is 2. The van der Waals surface area contributed by atoms with Crippen molar-refractivity contribution in [3.8, 4) is 5.75 Å². The van der Waals surface area contributed by atoms with E-state index in [1.807, 2.05) is 12.1 Å². The second kappa shape index (κ2) is 10.9. The Bertz CT molecular complexity index is 1020. The van der Waals surface area contributed by atoms with E-state index in [1.54, 1.807) is 17.0 Å². The number of nitro groups is 1. The van der Waals surface area contributed by atoms with Crippen LogP contribution in [0.5, 0.6) is 5.75 Å². The second-order valence-corrected chi connectivity index (χ2v) is 7.53. The number of ether oxygens (including phenoxy) is 1. The number of carbonyl (C=O) groups is 3. The Morgan fingerprint density at radius 1 is 1.03 bits per heavy atom. The average molecular weight is 455 g/mol. The number of methoxy groups -OCH3 is 1. The number of hydrogen-bond donors (Lipinski definition) is 3. The molecular formula is C22H25N5O6. The molecule has 1 fully saturated rings. The number of likely N-dealkylation sites (tertiary alicyclic amines) is 1. The Morgan fingerprint density at radius 2 is 1.70 bits per heavy atom. The van der Waals surface area contributed by atoms with Gasteiger partial charge in [-0.1, -0.05) is 12.1 Å². The van der Waals surface area contributed by atoms with E-state index in [9.17, 15) is 24.5 Å². The first-order valence-electron chi connectivity index (χ1n) is 10.4. The van der Waals surface area contributed by atoms with E-state index in [-0.39, 0.29) is 23.3 Å². The van der Waals surface area contributed by atoms with Crippen molar-refractivity contribution in [1.82, 2.24) is 10.2 Å². The zero-order chi connectivity index (χ0) is 23.8. The number of anilines is 2. The molecule has 0 bridgehead atoms. The van der Waals surface area contributed by atoms with Gasteiger partial charge in [0.25, 0.3) is 5.69 Å². The van der Waals surface area contributed by atoms with Crippen LogP contribution in [-0.4, -0.2) is 54.4 Å². The molecule has 0 saturated carbocycles. The number of urea groups is 1. The normalized spacial score (nSPS) is 13.7. The van der Waals surface area contributed by atoms with E-state index < -0.39 is 16.7 Å². The lowest BCUT2D eigenvalue weighted by molar-refractivity contribution is -0.384. The van der Waals surface area contributed by atoms with Crippen molar-refractivity contribution in [3.05, 3.63) is 58.6 Å². The Balaban J connectivity index is 1.40. The molecule has 33 heavy (non-hydrogen) atoms. The first-order valence-corrected chi connectivity index (χ1v) is 10.4. The third-order valence-corrected chi connectivity index (χ3v) is 5.34. The number of nitrogens with one attached hydrogen (secondary N) is 3. The molecule has 1 heterocycles. The molecule has 0 unspecified atom stereocenters. The molecule has 3 N–H and O–H groups in total. The molecule has 0 spiro atoms. The van der Waals surface area contributed by atoms with Gasteiger partial charge in [-0.2, -0.15) is 0 Å². The average Bonchev–Trinajstić information content (AvgIpc) is 2.83. The summed E-state index contributed by atoms with van der Waals surface area (Å²) in [6, 6.07) is 12.1. The van der Waals surface area contributed by atoms with E-state index in [4.69, 9.17) is 4.74 Å². The Hall–Kier alpha value is -4.15. The van der Waals surface area contributed by atoms with Gasteiger partial charge in [0, 0.05) is 37.5 Å². The van der Waals surface area contributed by atoms with Gasteiger partial charge in [-0.05, 0) is 43.0 Å². The smallest absolute Gasteiger partial charge is 0.321 e. The molecule has 2 aromatic carbocycles. The van der Waals surface area contributed by atoms with Crippen molar-refractivity contribution >= 4 is 34.9 Å². The molecule has 11 nitrogen and oxygen atoms in total. The summed E-state index contributed by atoms with van der Waals surface area (Å²) in [5.74, 6) is -0.922. The van der Waals surface area contributed by atoms with Crippen LogP contribution in [0.15, 0.2) is 48.5 Å². The van der Waals surface area contributed by atoms with Crippen LogP contribution >= 0.6 is 0 Å². The molecule has 11 heteroatoms. The van der Waals surface area contributed by atoms with Gasteiger partial charge < -0.3 is 25.6 Å². The van der Waals surface area contributed by atoms with Gasteiger partial charge in [0.2, 0.25) is 0 Å². The van der Waals surface area contributed by atoms with Gasteiger partial charge in [0.15, 0.2) is 0 Å². The quantitative estimate of drug-likeness (QED) is 0.347. The Labute approximate surface area is 190 Å². The zero-order valence-electron chi connectivity index (χ0n) is 18.1. The number of rotatable bonds is 6. The maximum atomic E-state index is 12.5. The third kappa shape index (κ3) is 6.42. The maximum absolute atomic E-state index is 12.5. The van der Waals surface area contributed by atoms with Gasteiger partial charge in [-0.25, -0.2) is 4.79 Å². The van der Waals surface area contributed by atoms with Crippen LogP contribution in [0, 0.1) is 16.0 Å². The van der Waals surface area contributed by atoms with E-state index in [0.717, 1.165) is 0 Å². The number of nitrogens with zero attached hydrogens (tertiary/aromatic N) is 2. The highest BCUT2D eigenvalue weighted by atomic mass is 16.6. The monoisotopic (exact) mass is 455 g/mol. The molecule has 1 aliphatic heterocycles. The lowest BCUT2D eigenvalue weighted by Gasteiger charge is -2.32. The van der Waals surface area contributed by atoms with Crippen molar-refractivity contribution < 1.29 is 24.0 Å². The number of nitro benzene ring substituents is 1. The molecule has 0 atom stereocenters. The Kier molecular flexibility index (Phi) is 7.79. The molecule has 1 saturated heterocycles. The molecule has 3 rings (SSSR count). The minimum Gasteiger partial charge on any atom is -0.495 e. The van der Waals surface area contributed by atoms with Crippen molar-refractivity contribution in [3.63, 3.8) is 0 Å². The van der Waals surface area contributed by atoms with Crippen LogP contribution in [0.25, 0.3) is 0 Å². The van der Waals surface area contributed by atoms with Crippen molar-refractivity contribution in [2.75, 3.05) is 37.4 Å². The van der Waals surface area contributed by atoms with Crippen LogP contribution in [0.1, 0.15) is 12.8 Å². The summed E-state index contributed by atoms with van der Waals surface area (Å²) in [5.41, 5.74) is 0.772. The maximum Gasteiger partial charge on any atom is 0.321 e. The highest BCUT2D eigenvalue weighted by Crippen LogP contribution is 2.24. The number of hydrogen-bond acceptors (Lipinski definition) is 6. The summed E-state index contributed by atoms with van der Waals surface area (Å²) in [4.78, 5) is 48.5. The molecule has 0 aliphatic carbocycles. The van der Waals surface area contributed by atoms with Crippen molar-refractivity contribution in [2.45, 2.75) is 12.8 Å². The van der Waals surface area contributed by atoms with E-state index in [2.05, 4.69) is 16.0 Å². The van der Waals surface area contributed by atoms with E-state index in [1.165, 1.54) is 31.4 Å². The number of piperidine rings is 1. The minimum absolute atomic E-state index is 0.111. The molecule has 174 valence electrons. The molecule has 0 aromatic heterocycles. The molecule has 1 aliphatic rings. The number of carbonyl (C=O) groups excluding carboxylic acids is 3. The highest BCUT2D eigenvalue weighted by molar-refractivity contribution is 6.39. The highest BCUT2D eigenvalue weighted by Gasteiger charge is 2.24. The van der Waals surface area contributed by atoms with Crippen molar-refractivity contribution in [1.29, 1.82) is 0 Å². The Morgan fingerprint density at radius 3 is 2.33 bits per heavy atom. The summed E-state index contributed by atoms with van der Waals surface area (Å²) in [6.07, 6.45) is 1.37. The summed E-state index contributed by atoms with van der Waals surface area (Å²) in [5, 5.41) is 18.5. The van der Waals surface area contributed by atoms with E-state index in [0.29, 0.717) is 43.9 Å². The SMILES string of the molecule is COc1ccccc1NC(=O)N1CCC(CNC(=O)C(=O)Nc2ccc([N+](=O)[O-])cc2)CC1. The summed E-state index contributed by atoms with van der Waals surface area (Å²) < 4.78 is 5.24. The number of para-hydroxylation sites is 2. The predicted molar refractivity (Wildman–Crippen MR) is 121 cm³/mol. The molecule has 2 aromatic rings. The van der Waals surface area contributed by atoms with Gasteiger partial charge in [-0.3, -0.25) is 19.7 Å². The topological polar surface area (TPSA) is 143 Å². The van der Waals surface area contributed by atoms with Crippen LogP contribution in [-0.2, 0) is 9.59 Å². The molecule has 0 radical (unpaired) electrons. The first kappa shape index (κ1) is 23.5. The van der Waals surface area contributed by atoms with Crippen LogP contribution in [0.3, 0.4) is 0 Å². The van der Waals surface area contributed by atoms with Gasteiger partial charge in [0.1, 0.15) is 5.75 Å². The number of amides is 4. The van der Waals surface area contributed by atoms with Crippen molar-refractivity contribution in [2.24, 2.45) is 5.92 Å². The predicted octanol–water partition coefficient (Wildman–Crippen LogP) is 2.60. The fourth-order valence-electron chi connectivity index (χ4n) is 3.45. The fourth-order valence-corrected chi connectivity index (χ4v) is 3.45. The van der Waals surface area contributed by atoms with Crippen LogP contribution in [0.4, 0.5) is 21.9 Å². The number of non-ortho nitro benzene ring substituents is 1. The van der Waals surface area contributed by atoms with Crippen LogP contribution in [0.2, 0.25) is 0 Å². The third-order valence-electron chi connectivity index (χ3n) is 5.34.